The fraction of sp³-hybridized carbons (Fsp3) is 0.111. The molecule has 1 aromatic rings. The molecule has 0 saturated carbocycles. The smallest absolute Gasteiger partial charge is 0.0816 e. The van der Waals surface area contributed by atoms with Gasteiger partial charge in [0.25, 0.3) is 0 Å². The Morgan fingerprint density at radius 3 is 2.73 bits per heavy atom. The van der Waals surface area contributed by atoms with Gasteiger partial charge in [-0.15, -0.1) is 0 Å². The number of aromatic nitrogens is 2. The summed E-state index contributed by atoms with van der Waals surface area (Å²) in [6.45, 7) is 5.55. The molecule has 0 bridgehead atoms. The van der Waals surface area contributed by atoms with E-state index < -0.39 is 0 Å². The van der Waals surface area contributed by atoms with Crippen molar-refractivity contribution in [3.63, 3.8) is 0 Å². The summed E-state index contributed by atoms with van der Waals surface area (Å²) in [5, 5.41) is 0. The lowest BCUT2D eigenvalue weighted by Gasteiger charge is -1.92. The van der Waals surface area contributed by atoms with Crippen LogP contribution in [0.25, 0.3) is 12.2 Å². The molecule has 0 aliphatic heterocycles. The standard InChI is InChI=1S/C9H10N2/c1-3-5-9-7-10-6-8(4-2)11-9/h3-7H,2H2,1H3/b5-3+. The van der Waals surface area contributed by atoms with Gasteiger partial charge in [-0.1, -0.05) is 12.7 Å². The van der Waals surface area contributed by atoms with E-state index in [-0.39, 0.29) is 0 Å². The third-order valence-corrected chi connectivity index (χ3v) is 1.22. The van der Waals surface area contributed by atoms with Crippen LogP contribution < -0.4 is 0 Å². The summed E-state index contributed by atoms with van der Waals surface area (Å²) in [5.41, 5.74) is 1.67. The topological polar surface area (TPSA) is 25.8 Å². The molecule has 0 fully saturated rings. The molecule has 2 heteroatoms. The third-order valence-electron chi connectivity index (χ3n) is 1.22. The Labute approximate surface area is 66.3 Å². The van der Waals surface area contributed by atoms with Crippen LogP contribution in [-0.4, -0.2) is 9.97 Å². The summed E-state index contributed by atoms with van der Waals surface area (Å²) in [5.74, 6) is 0. The number of allylic oxidation sites excluding steroid dienone is 1. The predicted octanol–water partition coefficient (Wildman–Crippen LogP) is 2.15. The first kappa shape index (κ1) is 7.66. The van der Waals surface area contributed by atoms with E-state index in [1.165, 1.54) is 0 Å². The van der Waals surface area contributed by atoms with Crippen LogP contribution >= 0.6 is 0 Å². The monoisotopic (exact) mass is 146 g/mol. The lowest BCUT2D eigenvalue weighted by Crippen LogP contribution is -1.86. The van der Waals surface area contributed by atoms with Crippen LogP contribution in [0.1, 0.15) is 18.3 Å². The van der Waals surface area contributed by atoms with Crippen molar-refractivity contribution in [3.8, 4) is 0 Å². The molecule has 0 saturated heterocycles. The lowest BCUT2D eigenvalue weighted by molar-refractivity contribution is 1.16. The minimum absolute atomic E-state index is 0.806. The molecule has 2 nitrogen and oxygen atoms in total. The SMILES string of the molecule is C=Cc1cncc(/C=C/C)n1. The van der Waals surface area contributed by atoms with Crippen LogP contribution in [0, 0.1) is 0 Å². The van der Waals surface area contributed by atoms with Crippen molar-refractivity contribution >= 4 is 12.2 Å². The molecule has 0 atom stereocenters. The summed E-state index contributed by atoms with van der Waals surface area (Å²) in [7, 11) is 0. The Bertz CT molecular complexity index is 277. The predicted molar refractivity (Wildman–Crippen MR) is 46.8 cm³/mol. The minimum Gasteiger partial charge on any atom is -0.260 e. The lowest BCUT2D eigenvalue weighted by atomic mass is 10.3. The van der Waals surface area contributed by atoms with Gasteiger partial charge in [-0.05, 0) is 19.1 Å². The molecule has 56 valence electrons. The second-order valence-electron chi connectivity index (χ2n) is 2.07. The Morgan fingerprint density at radius 2 is 2.09 bits per heavy atom. The van der Waals surface area contributed by atoms with Gasteiger partial charge < -0.3 is 0 Å². The van der Waals surface area contributed by atoms with Crippen LogP contribution in [0.4, 0.5) is 0 Å². The van der Waals surface area contributed by atoms with Crippen LogP contribution in [0.3, 0.4) is 0 Å². The second-order valence-corrected chi connectivity index (χ2v) is 2.07. The first-order valence-corrected chi connectivity index (χ1v) is 3.44. The first-order valence-electron chi connectivity index (χ1n) is 3.44. The normalized spacial score (nSPS) is 10.3. The molecule has 1 rings (SSSR count). The largest absolute Gasteiger partial charge is 0.260 e. The maximum absolute atomic E-state index is 4.21. The molecule has 0 radical (unpaired) electrons. The maximum Gasteiger partial charge on any atom is 0.0816 e. The van der Waals surface area contributed by atoms with Gasteiger partial charge in [0.15, 0.2) is 0 Å². The van der Waals surface area contributed by atoms with Crippen LogP contribution in [0.2, 0.25) is 0 Å². The summed E-state index contributed by atoms with van der Waals surface area (Å²) < 4.78 is 0. The molecule has 0 amide bonds. The molecule has 1 aromatic heterocycles. The zero-order valence-corrected chi connectivity index (χ0v) is 6.49. The van der Waals surface area contributed by atoms with Gasteiger partial charge in [0, 0.05) is 0 Å². The number of hydrogen-bond acceptors (Lipinski definition) is 2. The highest BCUT2D eigenvalue weighted by Gasteiger charge is 1.89. The van der Waals surface area contributed by atoms with Gasteiger partial charge in [-0.2, -0.15) is 0 Å². The summed E-state index contributed by atoms with van der Waals surface area (Å²) in [6, 6.07) is 0. The van der Waals surface area contributed by atoms with Gasteiger partial charge in [0.2, 0.25) is 0 Å². The molecule has 1 heterocycles. The highest BCUT2D eigenvalue weighted by Crippen LogP contribution is 1.98. The molecular formula is C9H10N2. The molecule has 0 aromatic carbocycles. The zero-order valence-electron chi connectivity index (χ0n) is 6.49. The van der Waals surface area contributed by atoms with E-state index >= 15 is 0 Å². The quantitative estimate of drug-likeness (QED) is 0.639. The number of rotatable bonds is 2. The molecule has 0 spiro atoms. The Hall–Kier alpha value is -1.44. The van der Waals surface area contributed by atoms with Crippen molar-refractivity contribution in [2.24, 2.45) is 0 Å². The van der Waals surface area contributed by atoms with Crippen molar-refractivity contribution < 1.29 is 0 Å². The summed E-state index contributed by atoms with van der Waals surface area (Å²) in [4.78, 5) is 8.20. The van der Waals surface area contributed by atoms with Gasteiger partial charge in [0.1, 0.15) is 0 Å². The number of hydrogen-bond donors (Lipinski definition) is 0. The molecule has 0 aliphatic rings. The van der Waals surface area contributed by atoms with Gasteiger partial charge in [0.05, 0.1) is 23.8 Å². The molecule has 0 unspecified atom stereocenters. The highest BCUT2D eigenvalue weighted by atomic mass is 14.8. The fourth-order valence-corrected chi connectivity index (χ4v) is 0.746. The molecule has 11 heavy (non-hydrogen) atoms. The molecular weight excluding hydrogens is 136 g/mol. The van der Waals surface area contributed by atoms with Crippen molar-refractivity contribution in [1.82, 2.24) is 9.97 Å². The Kier molecular flexibility index (Phi) is 2.55. The van der Waals surface area contributed by atoms with Crippen LogP contribution in [-0.2, 0) is 0 Å². The van der Waals surface area contributed by atoms with E-state index in [0.717, 1.165) is 11.4 Å². The summed E-state index contributed by atoms with van der Waals surface area (Å²) >= 11 is 0. The Balaban J connectivity index is 3.00. The third kappa shape index (κ3) is 2.00. The van der Waals surface area contributed by atoms with E-state index in [4.69, 9.17) is 0 Å². The van der Waals surface area contributed by atoms with Crippen molar-refractivity contribution in [3.05, 3.63) is 36.4 Å². The van der Waals surface area contributed by atoms with E-state index in [1.807, 2.05) is 19.1 Å². The van der Waals surface area contributed by atoms with Crippen molar-refractivity contribution in [2.45, 2.75) is 6.92 Å². The zero-order chi connectivity index (χ0) is 8.10. The Morgan fingerprint density at radius 1 is 1.36 bits per heavy atom. The summed E-state index contributed by atoms with van der Waals surface area (Å²) in [6.07, 6.45) is 8.91. The van der Waals surface area contributed by atoms with Crippen LogP contribution in [0.15, 0.2) is 25.0 Å². The number of nitrogens with zero attached hydrogens (tertiary/aromatic N) is 2. The maximum atomic E-state index is 4.21. The first-order chi connectivity index (χ1) is 5.36. The minimum atomic E-state index is 0.806. The fourth-order valence-electron chi connectivity index (χ4n) is 0.746. The van der Waals surface area contributed by atoms with Crippen molar-refractivity contribution in [2.75, 3.05) is 0 Å². The molecule has 0 aliphatic carbocycles. The average Bonchev–Trinajstić information content (AvgIpc) is 2.06. The average molecular weight is 146 g/mol. The van der Waals surface area contributed by atoms with Crippen molar-refractivity contribution in [1.29, 1.82) is 0 Å². The van der Waals surface area contributed by atoms with Gasteiger partial charge >= 0.3 is 0 Å². The second kappa shape index (κ2) is 3.66. The van der Waals surface area contributed by atoms with Gasteiger partial charge in [-0.25, -0.2) is 4.98 Å². The van der Waals surface area contributed by atoms with Gasteiger partial charge in [-0.3, -0.25) is 4.98 Å². The molecule has 0 N–H and O–H groups in total. The van der Waals surface area contributed by atoms with E-state index in [2.05, 4.69) is 16.5 Å². The van der Waals surface area contributed by atoms with E-state index in [9.17, 15) is 0 Å². The van der Waals surface area contributed by atoms with E-state index in [0.29, 0.717) is 0 Å². The highest BCUT2D eigenvalue weighted by molar-refractivity contribution is 5.47. The van der Waals surface area contributed by atoms with Crippen LogP contribution in [0.5, 0.6) is 0 Å². The van der Waals surface area contributed by atoms with E-state index in [1.54, 1.807) is 18.5 Å².